The number of fused-ring (bicyclic) bond motifs is 1. The summed E-state index contributed by atoms with van der Waals surface area (Å²) in [5, 5.41) is 0.946. The molecule has 1 aromatic carbocycles. The summed E-state index contributed by atoms with van der Waals surface area (Å²) >= 11 is 0. The largest absolute Gasteiger partial charge is 0.471 e. The van der Waals surface area contributed by atoms with Gasteiger partial charge in [0.25, 0.3) is 0 Å². The second-order valence-electron chi connectivity index (χ2n) is 7.46. The quantitative estimate of drug-likeness (QED) is 0.669. The van der Waals surface area contributed by atoms with Gasteiger partial charge in [-0.25, -0.2) is 19.9 Å². The Morgan fingerprint density at radius 3 is 2.69 bits per heavy atom. The summed E-state index contributed by atoms with van der Waals surface area (Å²) in [6, 6.07) is 8.23. The lowest BCUT2D eigenvalue weighted by atomic mass is 10.2. The smallest absolute Gasteiger partial charge is 0.225 e. The van der Waals surface area contributed by atoms with E-state index in [1.54, 1.807) is 6.33 Å². The topological polar surface area (TPSA) is 76.5 Å². The van der Waals surface area contributed by atoms with Gasteiger partial charge in [-0.05, 0) is 31.2 Å². The molecular weight excluding hydrogens is 368 g/mol. The first-order valence-corrected chi connectivity index (χ1v) is 10.0. The third kappa shape index (κ3) is 3.80. The molecule has 1 atom stereocenters. The Morgan fingerprint density at radius 2 is 1.90 bits per heavy atom. The fourth-order valence-corrected chi connectivity index (χ4v) is 3.83. The molecule has 150 valence electrons. The van der Waals surface area contributed by atoms with Crippen LogP contribution in [0, 0.1) is 6.92 Å². The van der Waals surface area contributed by atoms with Gasteiger partial charge in [0.2, 0.25) is 11.8 Å². The average Bonchev–Trinajstić information content (AvgIpc) is 3.27. The van der Waals surface area contributed by atoms with E-state index < -0.39 is 0 Å². The van der Waals surface area contributed by atoms with Gasteiger partial charge in [-0.2, -0.15) is 0 Å². The first-order chi connectivity index (χ1) is 14.3. The number of benzene rings is 1. The molecule has 2 fully saturated rings. The standard InChI is InChI=1S/C21H24N6O2/c1-15-4-6-22-21(25-15)27-9-7-26(8-10-27)16-2-3-19-18(12-16)20(24-14-23-19)29-17-5-11-28-13-17/h2-4,6,12,14,17H,5,7-11,13H2,1H3. The highest BCUT2D eigenvalue weighted by Crippen LogP contribution is 2.29. The molecule has 8 nitrogen and oxygen atoms in total. The average molecular weight is 392 g/mol. The maximum absolute atomic E-state index is 6.10. The zero-order valence-electron chi connectivity index (χ0n) is 16.5. The van der Waals surface area contributed by atoms with Crippen molar-refractivity contribution in [2.45, 2.75) is 19.4 Å². The number of hydrogen-bond acceptors (Lipinski definition) is 8. The minimum atomic E-state index is 0.0645. The van der Waals surface area contributed by atoms with E-state index in [0.29, 0.717) is 12.5 Å². The zero-order chi connectivity index (χ0) is 19.6. The fraction of sp³-hybridized carbons (Fsp3) is 0.429. The molecule has 0 saturated carbocycles. The van der Waals surface area contributed by atoms with E-state index >= 15 is 0 Å². The number of anilines is 2. The first kappa shape index (κ1) is 18.1. The second kappa shape index (κ2) is 7.79. The summed E-state index contributed by atoms with van der Waals surface area (Å²) in [7, 11) is 0. The lowest BCUT2D eigenvalue weighted by Crippen LogP contribution is -2.47. The number of nitrogens with zero attached hydrogens (tertiary/aromatic N) is 6. The molecular formula is C21H24N6O2. The number of hydrogen-bond donors (Lipinski definition) is 0. The molecule has 3 aromatic rings. The van der Waals surface area contributed by atoms with Crippen LogP contribution in [0.4, 0.5) is 11.6 Å². The SMILES string of the molecule is Cc1ccnc(N2CCN(c3ccc4ncnc(OC5CCOC5)c4c3)CC2)n1. The van der Waals surface area contributed by atoms with Crippen LogP contribution in [0.3, 0.4) is 0 Å². The summed E-state index contributed by atoms with van der Waals surface area (Å²) in [5.74, 6) is 1.45. The van der Waals surface area contributed by atoms with Crippen LogP contribution < -0.4 is 14.5 Å². The highest BCUT2D eigenvalue weighted by atomic mass is 16.5. The monoisotopic (exact) mass is 392 g/mol. The molecule has 4 heterocycles. The van der Waals surface area contributed by atoms with Gasteiger partial charge in [0, 0.05) is 50.2 Å². The number of ether oxygens (including phenoxy) is 2. The maximum atomic E-state index is 6.10. The fourth-order valence-electron chi connectivity index (χ4n) is 3.83. The van der Waals surface area contributed by atoms with E-state index in [1.165, 1.54) is 0 Å². The highest BCUT2D eigenvalue weighted by molar-refractivity contribution is 5.86. The molecule has 2 aliphatic heterocycles. The van der Waals surface area contributed by atoms with Gasteiger partial charge >= 0.3 is 0 Å². The Balaban J connectivity index is 1.34. The summed E-state index contributed by atoms with van der Waals surface area (Å²) < 4.78 is 11.5. The molecule has 0 aliphatic carbocycles. The van der Waals surface area contributed by atoms with Gasteiger partial charge in [0.05, 0.1) is 24.1 Å². The highest BCUT2D eigenvalue weighted by Gasteiger charge is 2.22. The van der Waals surface area contributed by atoms with Crippen LogP contribution in [0.1, 0.15) is 12.1 Å². The summed E-state index contributed by atoms with van der Waals surface area (Å²) in [4.78, 5) is 22.4. The van der Waals surface area contributed by atoms with Crippen molar-refractivity contribution in [3.05, 3.63) is 42.5 Å². The van der Waals surface area contributed by atoms with Crippen molar-refractivity contribution in [3.8, 4) is 5.88 Å². The molecule has 0 N–H and O–H groups in total. The molecule has 2 aliphatic rings. The molecule has 0 spiro atoms. The minimum absolute atomic E-state index is 0.0645. The van der Waals surface area contributed by atoms with Crippen molar-refractivity contribution >= 4 is 22.5 Å². The third-order valence-electron chi connectivity index (χ3n) is 5.46. The van der Waals surface area contributed by atoms with Crippen LogP contribution in [0.5, 0.6) is 5.88 Å². The Morgan fingerprint density at radius 1 is 1.03 bits per heavy atom. The molecule has 0 amide bonds. The molecule has 0 bridgehead atoms. The Kier molecular flexibility index (Phi) is 4.85. The van der Waals surface area contributed by atoms with Crippen LogP contribution in [-0.4, -0.2) is 65.4 Å². The number of piperazine rings is 1. The Hall–Kier alpha value is -3.00. The molecule has 2 saturated heterocycles. The van der Waals surface area contributed by atoms with Crippen molar-refractivity contribution in [2.24, 2.45) is 0 Å². The lowest BCUT2D eigenvalue weighted by Gasteiger charge is -2.36. The Bertz CT molecular complexity index is 999. The van der Waals surface area contributed by atoms with Crippen LogP contribution in [0.25, 0.3) is 10.9 Å². The van der Waals surface area contributed by atoms with Crippen molar-refractivity contribution in [1.29, 1.82) is 0 Å². The number of aromatic nitrogens is 4. The van der Waals surface area contributed by atoms with E-state index in [4.69, 9.17) is 9.47 Å². The van der Waals surface area contributed by atoms with Crippen molar-refractivity contribution < 1.29 is 9.47 Å². The maximum Gasteiger partial charge on any atom is 0.225 e. The van der Waals surface area contributed by atoms with Crippen molar-refractivity contribution in [3.63, 3.8) is 0 Å². The van der Waals surface area contributed by atoms with Crippen molar-refractivity contribution in [1.82, 2.24) is 19.9 Å². The van der Waals surface area contributed by atoms with Crippen LogP contribution in [0.15, 0.2) is 36.8 Å². The van der Waals surface area contributed by atoms with Gasteiger partial charge in [0.15, 0.2) is 0 Å². The predicted molar refractivity (Wildman–Crippen MR) is 111 cm³/mol. The van der Waals surface area contributed by atoms with E-state index in [-0.39, 0.29) is 6.10 Å². The van der Waals surface area contributed by atoms with E-state index in [9.17, 15) is 0 Å². The van der Waals surface area contributed by atoms with E-state index in [0.717, 1.165) is 67.4 Å². The molecule has 0 radical (unpaired) electrons. The van der Waals surface area contributed by atoms with Crippen LogP contribution in [0.2, 0.25) is 0 Å². The predicted octanol–water partition coefficient (Wildman–Crippen LogP) is 2.22. The summed E-state index contributed by atoms with van der Waals surface area (Å²) in [6.45, 7) is 6.94. The van der Waals surface area contributed by atoms with Gasteiger partial charge in [-0.15, -0.1) is 0 Å². The minimum Gasteiger partial charge on any atom is -0.471 e. The number of rotatable bonds is 4. The molecule has 29 heavy (non-hydrogen) atoms. The molecule has 5 rings (SSSR count). The summed E-state index contributed by atoms with van der Waals surface area (Å²) in [6.07, 6.45) is 4.35. The normalized spacial score (nSPS) is 19.7. The lowest BCUT2D eigenvalue weighted by molar-refractivity contribution is 0.139. The van der Waals surface area contributed by atoms with Gasteiger partial charge in [-0.1, -0.05) is 0 Å². The second-order valence-corrected chi connectivity index (χ2v) is 7.46. The van der Waals surface area contributed by atoms with E-state index in [2.05, 4.69) is 41.9 Å². The number of aryl methyl sites for hydroxylation is 1. The van der Waals surface area contributed by atoms with Gasteiger partial charge < -0.3 is 19.3 Å². The molecule has 1 unspecified atom stereocenters. The third-order valence-corrected chi connectivity index (χ3v) is 5.46. The van der Waals surface area contributed by atoms with Gasteiger partial charge in [-0.3, -0.25) is 0 Å². The molecule has 2 aromatic heterocycles. The van der Waals surface area contributed by atoms with Crippen molar-refractivity contribution in [2.75, 3.05) is 49.2 Å². The van der Waals surface area contributed by atoms with Crippen LogP contribution in [-0.2, 0) is 4.74 Å². The van der Waals surface area contributed by atoms with Gasteiger partial charge in [0.1, 0.15) is 12.4 Å². The molecule has 8 heteroatoms. The van der Waals surface area contributed by atoms with Crippen LogP contribution >= 0.6 is 0 Å². The first-order valence-electron chi connectivity index (χ1n) is 10.0. The zero-order valence-corrected chi connectivity index (χ0v) is 16.5. The van der Waals surface area contributed by atoms with E-state index in [1.807, 2.05) is 25.3 Å². The Labute approximate surface area is 169 Å². The summed E-state index contributed by atoms with van der Waals surface area (Å²) in [5.41, 5.74) is 3.04.